The number of primary amides is 1. The molecule has 0 fully saturated rings. The van der Waals surface area contributed by atoms with Crippen LogP contribution < -0.4 is 5.73 Å². The van der Waals surface area contributed by atoms with Crippen LogP contribution in [0.25, 0.3) is 10.9 Å². The number of benzene rings is 2. The first kappa shape index (κ1) is 22.1. The van der Waals surface area contributed by atoms with Crippen molar-refractivity contribution in [3.63, 3.8) is 0 Å². The third kappa shape index (κ3) is 3.89. The van der Waals surface area contributed by atoms with Gasteiger partial charge in [0.25, 0.3) is 5.91 Å². The van der Waals surface area contributed by atoms with E-state index in [-0.39, 0.29) is 28.3 Å². The Hall–Kier alpha value is -2.57. The summed E-state index contributed by atoms with van der Waals surface area (Å²) in [6.07, 6.45) is 1.14. The summed E-state index contributed by atoms with van der Waals surface area (Å²) in [5.74, 6) is -2.39. The van der Waals surface area contributed by atoms with Crippen molar-refractivity contribution in [1.82, 2.24) is 4.57 Å². The number of halogens is 3. The van der Waals surface area contributed by atoms with Gasteiger partial charge in [0.05, 0.1) is 15.6 Å². The summed E-state index contributed by atoms with van der Waals surface area (Å²) in [6.45, 7) is 3.63. The van der Waals surface area contributed by atoms with E-state index in [9.17, 15) is 14.7 Å². The first-order chi connectivity index (χ1) is 14.2. The number of nitrogens with zero attached hydrogens (tertiary/aromatic N) is 1. The third-order valence-corrected chi connectivity index (χ3v) is 6.08. The topological polar surface area (TPSA) is 85.3 Å². The van der Waals surface area contributed by atoms with Crippen molar-refractivity contribution in [3.8, 4) is 5.75 Å². The monoisotopic (exact) mass is 450 g/mol. The summed E-state index contributed by atoms with van der Waals surface area (Å²) in [4.78, 5) is 24.6. The highest BCUT2D eigenvalue weighted by atomic mass is 35.5. The number of rotatable bonds is 6. The van der Waals surface area contributed by atoms with Crippen LogP contribution in [0.2, 0.25) is 10.0 Å². The maximum Gasteiger partial charge on any atom is 0.262 e. The minimum absolute atomic E-state index is 0.131. The summed E-state index contributed by atoms with van der Waals surface area (Å²) in [6, 6.07) is 7.23. The van der Waals surface area contributed by atoms with Gasteiger partial charge in [-0.3, -0.25) is 14.2 Å². The van der Waals surface area contributed by atoms with Gasteiger partial charge in [-0.15, -0.1) is 0 Å². The maximum atomic E-state index is 15.0. The van der Waals surface area contributed by atoms with Crippen LogP contribution in [0.3, 0.4) is 0 Å². The smallest absolute Gasteiger partial charge is 0.262 e. The highest BCUT2D eigenvalue weighted by Gasteiger charge is 2.27. The minimum atomic E-state index is -0.802. The van der Waals surface area contributed by atoms with Crippen LogP contribution in [-0.4, -0.2) is 21.5 Å². The Morgan fingerprint density at radius 1 is 1.20 bits per heavy atom. The minimum Gasteiger partial charge on any atom is -0.505 e. The average molecular weight is 451 g/mol. The van der Waals surface area contributed by atoms with E-state index in [1.54, 1.807) is 13.0 Å². The molecule has 2 aromatic carbocycles. The second-order valence-electron chi connectivity index (χ2n) is 7.17. The number of amides is 1. The number of aromatic nitrogens is 1. The molecule has 0 unspecified atom stereocenters. The van der Waals surface area contributed by atoms with E-state index < -0.39 is 23.4 Å². The Morgan fingerprint density at radius 3 is 2.50 bits per heavy atom. The molecule has 5 nitrogen and oxygen atoms in total. The molecule has 3 aromatic rings. The highest BCUT2D eigenvalue weighted by Crippen LogP contribution is 2.40. The molecule has 0 spiro atoms. The highest BCUT2D eigenvalue weighted by molar-refractivity contribution is 6.42. The molecule has 0 radical (unpaired) electrons. The van der Waals surface area contributed by atoms with E-state index in [1.807, 2.05) is 6.92 Å². The lowest BCUT2D eigenvalue weighted by Gasteiger charge is -2.16. The molecule has 0 saturated heterocycles. The second kappa shape index (κ2) is 8.66. The summed E-state index contributed by atoms with van der Waals surface area (Å²) in [7, 11) is 0. The van der Waals surface area contributed by atoms with Crippen molar-refractivity contribution in [2.24, 2.45) is 5.73 Å². The van der Waals surface area contributed by atoms with Gasteiger partial charge in [0.1, 0.15) is 0 Å². The Bertz CT molecular complexity index is 1160. The lowest BCUT2D eigenvalue weighted by molar-refractivity contribution is -0.118. The quantitative estimate of drug-likeness (QED) is 0.516. The fraction of sp³-hybridized carbons (Fsp3) is 0.273. The molecule has 30 heavy (non-hydrogen) atoms. The largest absolute Gasteiger partial charge is 0.505 e. The summed E-state index contributed by atoms with van der Waals surface area (Å²) >= 11 is 12.0. The van der Waals surface area contributed by atoms with Crippen molar-refractivity contribution in [1.29, 1.82) is 0 Å². The molecule has 3 N–H and O–H groups in total. The number of hydrogen-bond donors (Lipinski definition) is 2. The predicted octanol–water partition coefficient (Wildman–Crippen LogP) is 5.55. The number of hydrogen-bond acceptors (Lipinski definition) is 3. The molecule has 0 bridgehead atoms. The molecular weight excluding hydrogens is 430 g/mol. The fourth-order valence-corrected chi connectivity index (χ4v) is 4.17. The number of carbonyl (C=O) groups is 2. The number of nitrogens with two attached hydrogens (primary N) is 1. The molecule has 1 amide bonds. The first-order valence-electron chi connectivity index (χ1n) is 9.47. The van der Waals surface area contributed by atoms with E-state index in [2.05, 4.69) is 0 Å². The molecule has 3 rings (SSSR count). The van der Waals surface area contributed by atoms with E-state index >= 15 is 4.39 Å². The zero-order valence-corrected chi connectivity index (χ0v) is 18.0. The van der Waals surface area contributed by atoms with Crippen molar-refractivity contribution in [3.05, 3.63) is 63.0 Å². The SMILES string of the molecule is CC[C@@H](CCC(N)=O)c1c(C)n(C(=O)c2ccc(Cl)c(Cl)c2)c2ccc(O)c(F)c12. The normalized spacial score (nSPS) is 12.3. The van der Waals surface area contributed by atoms with E-state index in [4.69, 9.17) is 28.9 Å². The Morgan fingerprint density at radius 2 is 1.90 bits per heavy atom. The van der Waals surface area contributed by atoms with Crippen LogP contribution in [0, 0.1) is 12.7 Å². The first-order valence-corrected chi connectivity index (χ1v) is 10.2. The van der Waals surface area contributed by atoms with E-state index in [0.29, 0.717) is 34.6 Å². The average Bonchev–Trinajstić information content (AvgIpc) is 2.99. The van der Waals surface area contributed by atoms with Crippen molar-refractivity contribution in [2.45, 2.75) is 39.0 Å². The van der Waals surface area contributed by atoms with Crippen LogP contribution in [0.15, 0.2) is 30.3 Å². The van der Waals surface area contributed by atoms with Gasteiger partial charge in [-0.1, -0.05) is 30.1 Å². The second-order valence-corrected chi connectivity index (χ2v) is 7.99. The van der Waals surface area contributed by atoms with Crippen molar-refractivity contribution >= 4 is 45.9 Å². The number of carbonyl (C=O) groups excluding carboxylic acids is 2. The number of phenolic OH excluding ortho intramolecular Hbond substituents is 1. The van der Waals surface area contributed by atoms with Crippen LogP contribution in [0.5, 0.6) is 5.75 Å². The molecule has 158 valence electrons. The van der Waals surface area contributed by atoms with Crippen LogP contribution >= 0.6 is 23.2 Å². The molecular formula is C22H21Cl2FN2O3. The Labute approximate surface area is 183 Å². The molecule has 1 atom stereocenters. The van der Waals surface area contributed by atoms with Gasteiger partial charge in [-0.05, 0) is 61.6 Å². The van der Waals surface area contributed by atoms with Crippen LogP contribution in [0.1, 0.15) is 53.7 Å². The van der Waals surface area contributed by atoms with E-state index in [0.717, 1.165) is 0 Å². The fourth-order valence-electron chi connectivity index (χ4n) is 3.87. The van der Waals surface area contributed by atoms with Crippen molar-refractivity contribution < 1.29 is 19.1 Å². The third-order valence-electron chi connectivity index (χ3n) is 5.34. The molecule has 1 aromatic heterocycles. The zero-order valence-electron chi connectivity index (χ0n) is 16.5. The predicted molar refractivity (Wildman–Crippen MR) is 116 cm³/mol. The van der Waals surface area contributed by atoms with Crippen molar-refractivity contribution in [2.75, 3.05) is 0 Å². The molecule has 0 aliphatic rings. The standard InChI is InChI=1S/C22H21Cl2FN2O3/c1-3-12(5-9-18(26)29)19-11(2)27(16-7-8-17(28)21(25)20(16)19)22(30)13-4-6-14(23)15(24)10-13/h4,6-8,10,12,28H,3,5,9H2,1-2H3,(H2,26,29)/t12-/m0/s1. The lowest BCUT2D eigenvalue weighted by atomic mass is 9.89. The van der Waals surface area contributed by atoms with Gasteiger partial charge >= 0.3 is 0 Å². The molecule has 8 heteroatoms. The number of fused-ring (bicyclic) bond motifs is 1. The van der Waals surface area contributed by atoms with Crippen LogP contribution in [-0.2, 0) is 4.79 Å². The van der Waals surface area contributed by atoms with Gasteiger partial charge in [-0.2, -0.15) is 0 Å². The molecule has 1 heterocycles. The molecule has 0 aliphatic carbocycles. The number of phenols is 1. The summed E-state index contributed by atoms with van der Waals surface area (Å²) in [5, 5.41) is 10.7. The molecule has 0 aliphatic heterocycles. The van der Waals surface area contributed by atoms with Gasteiger partial charge in [0.15, 0.2) is 11.6 Å². The van der Waals surface area contributed by atoms with Gasteiger partial charge in [0, 0.05) is 23.1 Å². The number of aromatic hydroxyl groups is 1. The van der Waals surface area contributed by atoms with Gasteiger partial charge < -0.3 is 10.8 Å². The van der Waals surface area contributed by atoms with Crippen LogP contribution in [0.4, 0.5) is 4.39 Å². The van der Waals surface area contributed by atoms with Gasteiger partial charge in [-0.25, -0.2) is 4.39 Å². The maximum absolute atomic E-state index is 15.0. The summed E-state index contributed by atoms with van der Waals surface area (Å²) in [5.41, 5.74) is 7.02. The zero-order chi connectivity index (χ0) is 22.2. The Balaban J connectivity index is 2.26. The van der Waals surface area contributed by atoms with E-state index in [1.165, 1.54) is 28.8 Å². The van der Waals surface area contributed by atoms with Gasteiger partial charge in [0.2, 0.25) is 5.91 Å². The lowest BCUT2D eigenvalue weighted by Crippen LogP contribution is -2.15. The summed E-state index contributed by atoms with van der Waals surface area (Å²) < 4.78 is 16.4. The molecule has 0 saturated carbocycles. The Kier molecular flexibility index (Phi) is 6.38.